The van der Waals surface area contributed by atoms with Crippen LogP contribution in [0.2, 0.25) is 19.6 Å². The van der Waals surface area contributed by atoms with Gasteiger partial charge in [-0.3, -0.25) is 0 Å². The maximum absolute atomic E-state index is 10.5. The molecule has 4 heteroatoms. The highest BCUT2D eigenvalue weighted by atomic mass is 28.3. The highest BCUT2D eigenvalue weighted by molar-refractivity contribution is 6.79. The zero-order valence-electron chi connectivity index (χ0n) is 9.68. The molecule has 1 aliphatic heterocycles. The second-order valence-electron chi connectivity index (χ2n) is 5.37. The van der Waals surface area contributed by atoms with Crippen molar-refractivity contribution in [3.63, 3.8) is 0 Å². The van der Waals surface area contributed by atoms with E-state index in [1.165, 1.54) is 0 Å². The van der Waals surface area contributed by atoms with Crippen LogP contribution in [0.1, 0.15) is 6.92 Å². The molecule has 1 radical (unpaired) electrons. The predicted molar refractivity (Wildman–Crippen MR) is 60.9 cm³/mol. The normalized spacial score (nSPS) is 33.9. The molecule has 14 heavy (non-hydrogen) atoms. The van der Waals surface area contributed by atoms with E-state index in [-0.39, 0.29) is 0 Å². The van der Waals surface area contributed by atoms with Gasteiger partial charge in [-0.2, -0.15) is 0 Å². The van der Waals surface area contributed by atoms with E-state index in [1.54, 1.807) is 0 Å². The van der Waals surface area contributed by atoms with E-state index in [0.717, 1.165) is 6.54 Å². The standard InChI is InChI=1S/C10H22NO2Si/c1-9(8-11-6-7-13-9)10(2,12)14(3,4)5/h11-12H,2,6-8H2,1,3-5H3. The van der Waals surface area contributed by atoms with Crippen LogP contribution in [0.3, 0.4) is 0 Å². The van der Waals surface area contributed by atoms with Crippen molar-refractivity contribution in [3.8, 4) is 0 Å². The fourth-order valence-corrected chi connectivity index (χ4v) is 3.53. The van der Waals surface area contributed by atoms with Crippen molar-refractivity contribution in [1.82, 2.24) is 5.32 Å². The molecule has 0 aromatic carbocycles. The second kappa shape index (κ2) is 3.59. The minimum Gasteiger partial charge on any atom is -0.390 e. The number of rotatable bonds is 2. The van der Waals surface area contributed by atoms with E-state index in [4.69, 9.17) is 4.74 Å². The number of morpholine rings is 1. The molecular formula is C10H22NO2Si. The third-order valence-corrected chi connectivity index (χ3v) is 6.29. The Kier molecular flexibility index (Phi) is 3.12. The summed E-state index contributed by atoms with van der Waals surface area (Å²) in [7, 11) is -1.77. The molecule has 0 aromatic rings. The average molecular weight is 216 g/mol. The summed E-state index contributed by atoms with van der Waals surface area (Å²) in [5, 5.41) is 12.8. The minimum absolute atomic E-state index is 0.546. The summed E-state index contributed by atoms with van der Waals surface area (Å²) in [5.74, 6) is 0. The van der Waals surface area contributed by atoms with Crippen LogP contribution in [0.25, 0.3) is 0 Å². The van der Waals surface area contributed by atoms with Crippen LogP contribution in [0.15, 0.2) is 0 Å². The summed E-state index contributed by atoms with van der Waals surface area (Å²) >= 11 is 0. The fourth-order valence-electron chi connectivity index (χ4n) is 1.79. The first-order chi connectivity index (χ1) is 6.21. The van der Waals surface area contributed by atoms with Crippen LogP contribution in [-0.4, -0.2) is 43.7 Å². The molecule has 1 heterocycles. The van der Waals surface area contributed by atoms with Crippen LogP contribution in [-0.2, 0) is 4.74 Å². The van der Waals surface area contributed by atoms with Crippen LogP contribution < -0.4 is 5.32 Å². The van der Waals surface area contributed by atoms with Crippen LogP contribution in [0, 0.1) is 6.92 Å². The van der Waals surface area contributed by atoms with Crippen LogP contribution in [0.5, 0.6) is 0 Å². The maximum atomic E-state index is 10.5. The van der Waals surface area contributed by atoms with Gasteiger partial charge in [-0.05, 0) is 13.8 Å². The molecule has 0 aromatic heterocycles. The van der Waals surface area contributed by atoms with Gasteiger partial charge < -0.3 is 15.2 Å². The molecule has 0 bridgehead atoms. The molecular weight excluding hydrogens is 194 g/mol. The SMILES string of the molecule is [CH2]C(O)(C1(C)CNCCO1)[Si](C)(C)C. The molecule has 0 amide bonds. The lowest BCUT2D eigenvalue weighted by molar-refractivity contribution is -0.133. The van der Waals surface area contributed by atoms with Crippen LogP contribution >= 0.6 is 0 Å². The van der Waals surface area contributed by atoms with E-state index < -0.39 is 18.9 Å². The van der Waals surface area contributed by atoms with Crippen molar-refractivity contribution in [3.05, 3.63) is 6.92 Å². The largest absolute Gasteiger partial charge is 0.390 e. The molecule has 1 fully saturated rings. The van der Waals surface area contributed by atoms with E-state index in [1.807, 2.05) is 6.92 Å². The number of hydrogen-bond donors (Lipinski definition) is 2. The van der Waals surface area contributed by atoms with Gasteiger partial charge in [0.15, 0.2) is 0 Å². The fraction of sp³-hybridized carbons (Fsp3) is 0.900. The Hall–Kier alpha value is 0.0969. The summed E-state index contributed by atoms with van der Waals surface area (Å²) in [4.78, 5) is 0. The van der Waals surface area contributed by atoms with Crippen molar-refractivity contribution in [2.75, 3.05) is 19.7 Å². The van der Waals surface area contributed by atoms with Gasteiger partial charge in [0.25, 0.3) is 0 Å². The first-order valence-electron chi connectivity index (χ1n) is 5.13. The topological polar surface area (TPSA) is 41.5 Å². The Morgan fingerprint density at radius 1 is 1.50 bits per heavy atom. The number of aliphatic hydroxyl groups is 1. The average Bonchev–Trinajstić information content (AvgIpc) is 2.03. The quantitative estimate of drug-likeness (QED) is 0.671. The lowest BCUT2D eigenvalue weighted by Crippen LogP contribution is -2.70. The summed E-state index contributed by atoms with van der Waals surface area (Å²) in [6, 6.07) is 0. The molecule has 2 N–H and O–H groups in total. The number of hydrogen-bond acceptors (Lipinski definition) is 3. The van der Waals surface area contributed by atoms with Gasteiger partial charge >= 0.3 is 0 Å². The first kappa shape index (κ1) is 12.2. The molecule has 2 atom stereocenters. The van der Waals surface area contributed by atoms with E-state index in [0.29, 0.717) is 13.2 Å². The second-order valence-corrected chi connectivity index (χ2v) is 10.7. The third-order valence-electron chi connectivity index (χ3n) is 3.28. The molecule has 0 spiro atoms. The van der Waals surface area contributed by atoms with Gasteiger partial charge in [-0.15, -0.1) is 0 Å². The summed E-state index contributed by atoms with van der Waals surface area (Å²) < 4.78 is 5.72. The van der Waals surface area contributed by atoms with E-state index >= 15 is 0 Å². The Morgan fingerprint density at radius 2 is 2.07 bits per heavy atom. The predicted octanol–water partition coefficient (Wildman–Crippen LogP) is 0.807. The van der Waals surface area contributed by atoms with Gasteiger partial charge in [0.1, 0.15) is 5.60 Å². The monoisotopic (exact) mass is 216 g/mol. The van der Waals surface area contributed by atoms with Gasteiger partial charge in [-0.1, -0.05) is 19.6 Å². The van der Waals surface area contributed by atoms with Crippen LogP contribution in [0.4, 0.5) is 0 Å². The molecule has 1 saturated heterocycles. The van der Waals surface area contributed by atoms with Crippen molar-refractivity contribution in [2.45, 2.75) is 37.4 Å². The third kappa shape index (κ3) is 1.89. The molecule has 1 rings (SSSR count). The molecule has 3 nitrogen and oxygen atoms in total. The van der Waals surface area contributed by atoms with Crippen molar-refractivity contribution in [2.24, 2.45) is 0 Å². The van der Waals surface area contributed by atoms with E-state index in [9.17, 15) is 5.11 Å². The zero-order valence-corrected chi connectivity index (χ0v) is 10.7. The number of nitrogens with one attached hydrogen (secondary N) is 1. The molecule has 83 valence electrons. The molecule has 0 aliphatic carbocycles. The smallest absolute Gasteiger partial charge is 0.103 e. The molecule has 2 unspecified atom stereocenters. The summed E-state index contributed by atoms with van der Waals surface area (Å²) in [5.41, 5.74) is -0.546. The van der Waals surface area contributed by atoms with Crippen molar-refractivity contribution >= 4 is 8.07 Å². The van der Waals surface area contributed by atoms with E-state index in [2.05, 4.69) is 31.9 Å². The Balaban J connectivity index is 2.89. The Bertz CT molecular complexity index is 205. The summed E-state index contributed by atoms with van der Waals surface area (Å²) in [6.45, 7) is 14.5. The van der Waals surface area contributed by atoms with Gasteiger partial charge in [0.2, 0.25) is 0 Å². The Labute approximate surface area is 87.9 Å². The molecule has 0 saturated carbocycles. The number of ether oxygens (including phenoxy) is 1. The minimum atomic E-state index is -1.77. The zero-order chi connectivity index (χ0) is 11.0. The van der Waals surface area contributed by atoms with Gasteiger partial charge in [0, 0.05) is 13.1 Å². The highest BCUT2D eigenvalue weighted by Crippen LogP contribution is 2.34. The van der Waals surface area contributed by atoms with Crippen molar-refractivity contribution in [1.29, 1.82) is 0 Å². The van der Waals surface area contributed by atoms with Gasteiger partial charge in [-0.25, -0.2) is 0 Å². The highest BCUT2D eigenvalue weighted by Gasteiger charge is 2.53. The first-order valence-corrected chi connectivity index (χ1v) is 8.63. The Morgan fingerprint density at radius 3 is 2.43 bits per heavy atom. The lowest BCUT2D eigenvalue weighted by Gasteiger charge is -2.50. The lowest BCUT2D eigenvalue weighted by atomic mass is 9.98. The van der Waals surface area contributed by atoms with Gasteiger partial charge in [0.05, 0.1) is 19.9 Å². The molecule has 1 aliphatic rings. The summed E-state index contributed by atoms with van der Waals surface area (Å²) in [6.07, 6.45) is 0. The van der Waals surface area contributed by atoms with Crippen molar-refractivity contribution < 1.29 is 9.84 Å². The maximum Gasteiger partial charge on any atom is 0.103 e.